The Hall–Kier alpha value is -3.66. The smallest absolute Gasteiger partial charge is 0.277 e. The predicted molar refractivity (Wildman–Crippen MR) is 105 cm³/mol. The number of aromatic amines is 1. The standard InChI is InChI=1S/C22H14N2O2/c25-24(26)21-10-4-6-14-5-3-8-16(22(14)21)15-11-12-18-17-7-1-2-9-19(17)23-20(18)13-15/h1-13,23H. The number of H-pyrrole nitrogens is 1. The van der Waals surface area contributed by atoms with Gasteiger partial charge in [0.1, 0.15) is 0 Å². The molecule has 1 N–H and O–H groups in total. The number of nitro groups is 1. The molecule has 0 radical (unpaired) electrons. The molecule has 5 rings (SSSR count). The fraction of sp³-hybridized carbons (Fsp3) is 0. The average Bonchev–Trinajstić information content (AvgIpc) is 3.04. The van der Waals surface area contributed by atoms with Crippen LogP contribution in [0.5, 0.6) is 0 Å². The molecule has 0 aliphatic rings. The van der Waals surface area contributed by atoms with E-state index in [0.717, 1.165) is 32.9 Å². The third-order valence-corrected chi connectivity index (χ3v) is 4.90. The molecule has 4 aromatic carbocycles. The van der Waals surface area contributed by atoms with E-state index in [1.807, 2.05) is 42.5 Å². The van der Waals surface area contributed by atoms with Crippen molar-refractivity contribution in [2.24, 2.45) is 0 Å². The van der Waals surface area contributed by atoms with Gasteiger partial charge >= 0.3 is 0 Å². The first-order chi connectivity index (χ1) is 12.7. The first-order valence-electron chi connectivity index (χ1n) is 8.39. The second kappa shape index (κ2) is 5.43. The van der Waals surface area contributed by atoms with E-state index in [1.165, 1.54) is 5.39 Å². The van der Waals surface area contributed by atoms with Crippen molar-refractivity contribution in [3.05, 3.63) is 89.0 Å². The molecule has 1 aromatic heterocycles. The van der Waals surface area contributed by atoms with Crippen LogP contribution in [0, 0.1) is 10.1 Å². The Morgan fingerprint density at radius 3 is 2.38 bits per heavy atom. The molecular formula is C22H14N2O2. The van der Waals surface area contributed by atoms with Crippen molar-refractivity contribution < 1.29 is 4.92 Å². The Bertz CT molecular complexity index is 1310. The van der Waals surface area contributed by atoms with Gasteiger partial charge in [0.2, 0.25) is 0 Å². The van der Waals surface area contributed by atoms with Crippen LogP contribution in [0.2, 0.25) is 0 Å². The molecule has 0 aliphatic carbocycles. The number of non-ortho nitro benzene ring substituents is 1. The lowest BCUT2D eigenvalue weighted by Gasteiger charge is -2.08. The number of nitro benzene ring substituents is 1. The summed E-state index contributed by atoms with van der Waals surface area (Å²) in [4.78, 5) is 14.7. The van der Waals surface area contributed by atoms with Crippen LogP contribution in [0.1, 0.15) is 0 Å². The summed E-state index contributed by atoms with van der Waals surface area (Å²) in [5.74, 6) is 0. The zero-order valence-electron chi connectivity index (χ0n) is 13.8. The molecule has 124 valence electrons. The topological polar surface area (TPSA) is 58.9 Å². The fourth-order valence-electron chi connectivity index (χ4n) is 3.74. The van der Waals surface area contributed by atoms with E-state index in [9.17, 15) is 10.1 Å². The van der Waals surface area contributed by atoms with Crippen LogP contribution in [0.3, 0.4) is 0 Å². The summed E-state index contributed by atoms with van der Waals surface area (Å²) in [6, 6.07) is 25.4. The number of hydrogen-bond acceptors (Lipinski definition) is 2. The minimum atomic E-state index is -0.312. The van der Waals surface area contributed by atoms with Gasteiger partial charge in [0.15, 0.2) is 0 Å². The van der Waals surface area contributed by atoms with E-state index in [2.05, 4.69) is 29.2 Å². The van der Waals surface area contributed by atoms with Crippen molar-refractivity contribution in [2.45, 2.75) is 0 Å². The number of fused-ring (bicyclic) bond motifs is 4. The van der Waals surface area contributed by atoms with Gasteiger partial charge in [-0.05, 0) is 28.6 Å². The Labute approximate surface area is 148 Å². The van der Waals surface area contributed by atoms with E-state index >= 15 is 0 Å². The molecule has 0 unspecified atom stereocenters. The molecule has 0 saturated heterocycles. The molecule has 0 amide bonds. The van der Waals surface area contributed by atoms with E-state index in [-0.39, 0.29) is 10.6 Å². The van der Waals surface area contributed by atoms with E-state index < -0.39 is 0 Å². The van der Waals surface area contributed by atoms with Gasteiger partial charge in [0.05, 0.1) is 10.3 Å². The number of rotatable bonds is 2. The molecule has 0 fully saturated rings. The van der Waals surface area contributed by atoms with Gasteiger partial charge in [0.25, 0.3) is 5.69 Å². The summed E-state index contributed by atoms with van der Waals surface area (Å²) in [7, 11) is 0. The van der Waals surface area contributed by atoms with Gasteiger partial charge in [-0.15, -0.1) is 0 Å². The summed E-state index contributed by atoms with van der Waals surface area (Å²) in [5.41, 5.74) is 4.08. The monoisotopic (exact) mass is 338 g/mol. The Balaban J connectivity index is 1.82. The average molecular weight is 338 g/mol. The number of hydrogen-bond donors (Lipinski definition) is 1. The second-order valence-electron chi connectivity index (χ2n) is 6.37. The lowest BCUT2D eigenvalue weighted by Crippen LogP contribution is -1.91. The van der Waals surface area contributed by atoms with Crippen molar-refractivity contribution in [2.75, 3.05) is 0 Å². The SMILES string of the molecule is O=[N+]([O-])c1cccc2cccc(-c3ccc4c(c3)[nH]c3ccccc34)c12. The third-order valence-electron chi connectivity index (χ3n) is 4.90. The maximum Gasteiger partial charge on any atom is 0.277 e. The molecular weight excluding hydrogens is 324 g/mol. The summed E-state index contributed by atoms with van der Waals surface area (Å²) >= 11 is 0. The lowest BCUT2D eigenvalue weighted by molar-refractivity contribution is -0.383. The third kappa shape index (κ3) is 2.09. The molecule has 5 aromatic rings. The van der Waals surface area contributed by atoms with Crippen LogP contribution in [0.15, 0.2) is 78.9 Å². The summed E-state index contributed by atoms with van der Waals surface area (Å²) in [5, 5.41) is 15.4. The first-order valence-corrected chi connectivity index (χ1v) is 8.39. The van der Waals surface area contributed by atoms with Gasteiger partial charge in [-0.3, -0.25) is 10.1 Å². The lowest BCUT2D eigenvalue weighted by atomic mass is 9.96. The van der Waals surface area contributed by atoms with Gasteiger partial charge in [-0.1, -0.05) is 60.7 Å². The highest BCUT2D eigenvalue weighted by Gasteiger charge is 2.16. The number of benzene rings is 4. The number of nitrogens with zero attached hydrogens (tertiary/aromatic N) is 1. The minimum absolute atomic E-state index is 0.134. The Kier molecular flexibility index (Phi) is 3.06. The van der Waals surface area contributed by atoms with Gasteiger partial charge in [-0.2, -0.15) is 0 Å². The molecule has 0 aliphatic heterocycles. The highest BCUT2D eigenvalue weighted by molar-refractivity contribution is 6.09. The van der Waals surface area contributed by atoms with Crippen LogP contribution in [-0.4, -0.2) is 9.91 Å². The van der Waals surface area contributed by atoms with E-state index in [4.69, 9.17) is 0 Å². The van der Waals surface area contributed by atoms with Crippen molar-refractivity contribution in [3.8, 4) is 11.1 Å². The summed E-state index contributed by atoms with van der Waals surface area (Å²) < 4.78 is 0. The van der Waals surface area contributed by atoms with Crippen LogP contribution in [0.25, 0.3) is 43.7 Å². The number of para-hydroxylation sites is 1. The normalized spacial score (nSPS) is 11.4. The van der Waals surface area contributed by atoms with Gasteiger partial charge in [-0.25, -0.2) is 0 Å². The Morgan fingerprint density at radius 2 is 1.54 bits per heavy atom. The molecule has 4 nitrogen and oxygen atoms in total. The fourth-order valence-corrected chi connectivity index (χ4v) is 3.74. The van der Waals surface area contributed by atoms with Crippen molar-refractivity contribution >= 4 is 38.3 Å². The van der Waals surface area contributed by atoms with E-state index in [1.54, 1.807) is 12.1 Å². The predicted octanol–water partition coefficient (Wildman–Crippen LogP) is 6.05. The molecule has 0 atom stereocenters. The summed E-state index contributed by atoms with van der Waals surface area (Å²) in [6.45, 7) is 0. The first kappa shape index (κ1) is 14.7. The summed E-state index contributed by atoms with van der Waals surface area (Å²) in [6.07, 6.45) is 0. The molecule has 0 spiro atoms. The van der Waals surface area contributed by atoms with Crippen molar-refractivity contribution in [1.82, 2.24) is 4.98 Å². The van der Waals surface area contributed by atoms with Crippen LogP contribution in [-0.2, 0) is 0 Å². The highest BCUT2D eigenvalue weighted by Crippen LogP contribution is 2.37. The zero-order chi connectivity index (χ0) is 17.7. The largest absolute Gasteiger partial charge is 0.354 e. The minimum Gasteiger partial charge on any atom is -0.354 e. The number of aromatic nitrogens is 1. The molecule has 0 saturated carbocycles. The quantitative estimate of drug-likeness (QED) is 0.315. The van der Waals surface area contributed by atoms with Crippen molar-refractivity contribution in [3.63, 3.8) is 0 Å². The van der Waals surface area contributed by atoms with Crippen LogP contribution in [0.4, 0.5) is 5.69 Å². The van der Waals surface area contributed by atoms with E-state index in [0.29, 0.717) is 5.39 Å². The zero-order valence-corrected chi connectivity index (χ0v) is 13.8. The highest BCUT2D eigenvalue weighted by atomic mass is 16.6. The molecule has 1 heterocycles. The van der Waals surface area contributed by atoms with Gasteiger partial charge in [0, 0.05) is 27.9 Å². The van der Waals surface area contributed by atoms with Gasteiger partial charge < -0.3 is 4.98 Å². The maximum absolute atomic E-state index is 11.5. The molecule has 0 bridgehead atoms. The Morgan fingerprint density at radius 1 is 0.769 bits per heavy atom. The van der Waals surface area contributed by atoms with Crippen LogP contribution >= 0.6 is 0 Å². The van der Waals surface area contributed by atoms with Crippen molar-refractivity contribution in [1.29, 1.82) is 0 Å². The maximum atomic E-state index is 11.5. The number of nitrogens with one attached hydrogen (secondary N) is 1. The second-order valence-corrected chi connectivity index (χ2v) is 6.37. The molecule has 26 heavy (non-hydrogen) atoms. The van der Waals surface area contributed by atoms with Crippen LogP contribution < -0.4 is 0 Å². The molecule has 4 heteroatoms.